The van der Waals surface area contributed by atoms with Crippen molar-refractivity contribution in [2.24, 2.45) is 0 Å². The molecule has 0 spiro atoms. The second-order valence-corrected chi connectivity index (χ2v) is 7.94. The number of hydrogen-bond acceptors (Lipinski definition) is 6. The summed E-state index contributed by atoms with van der Waals surface area (Å²) in [6.45, 7) is 8.62. The van der Waals surface area contributed by atoms with Crippen molar-refractivity contribution in [1.29, 1.82) is 0 Å². The van der Waals surface area contributed by atoms with Crippen LogP contribution in [0.1, 0.15) is 35.2 Å². The Morgan fingerprint density at radius 2 is 2.00 bits per heavy atom. The van der Waals surface area contributed by atoms with Crippen LogP contribution in [0.5, 0.6) is 0 Å². The lowest BCUT2D eigenvalue weighted by Crippen LogP contribution is -2.39. The molecule has 0 saturated carbocycles. The van der Waals surface area contributed by atoms with Gasteiger partial charge in [-0.15, -0.1) is 0 Å². The minimum absolute atomic E-state index is 0.0811. The summed E-state index contributed by atoms with van der Waals surface area (Å²) in [6.07, 6.45) is -1.38. The Labute approximate surface area is 184 Å². The molecule has 1 fully saturated rings. The molecule has 0 bridgehead atoms. The summed E-state index contributed by atoms with van der Waals surface area (Å²) in [4.78, 5) is 20.0. The molecule has 1 aliphatic heterocycles. The molecule has 0 radical (unpaired) electrons. The van der Waals surface area contributed by atoms with E-state index in [0.717, 1.165) is 17.0 Å². The number of alkyl halides is 3. The van der Waals surface area contributed by atoms with Crippen LogP contribution in [0, 0.1) is 13.8 Å². The molecule has 0 amide bonds. The first-order valence-corrected chi connectivity index (χ1v) is 10.4. The summed E-state index contributed by atoms with van der Waals surface area (Å²) in [5.41, 5.74) is 3.50. The SMILES string of the molecule is C=C(CCc1nc(N2CCO[C@@H](c3ccnc(C)c3)C2)cc2nc(C)cnc12)C(F)(F)F. The summed E-state index contributed by atoms with van der Waals surface area (Å²) >= 11 is 0. The van der Waals surface area contributed by atoms with Crippen molar-refractivity contribution in [3.63, 3.8) is 0 Å². The molecule has 9 heteroatoms. The zero-order valence-corrected chi connectivity index (χ0v) is 18.0. The van der Waals surface area contributed by atoms with Gasteiger partial charge in [-0.05, 0) is 44.4 Å². The molecule has 0 aliphatic carbocycles. The van der Waals surface area contributed by atoms with E-state index in [-0.39, 0.29) is 18.9 Å². The monoisotopic (exact) mass is 443 g/mol. The fourth-order valence-electron chi connectivity index (χ4n) is 3.74. The molecular formula is C23H24F3N5O. The van der Waals surface area contributed by atoms with Gasteiger partial charge in [-0.3, -0.25) is 9.97 Å². The summed E-state index contributed by atoms with van der Waals surface area (Å²) in [5.74, 6) is 0.657. The quantitative estimate of drug-likeness (QED) is 0.534. The summed E-state index contributed by atoms with van der Waals surface area (Å²) in [6, 6.07) is 5.76. The van der Waals surface area contributed by atoms with Crippen molar-refractivity contribution in [3.8, 4) is 0 Å². The topological polar surface area (TPSA) is 64.0 Å². The smallest absolute Gasteiger partial charge is 0.370 e. The Morgan fingerprint density at radius 3 is 2.75 bits per heavy atom. The number of morpholine rings is 1. The zero-order chi connectivity index (χ0) is 22.9. The van der Waals surface area contributed by atoms with Gasteiger partial charge in [-0.2, -0.15) is 13.2 Å². The van der Waals surface area contributed by atoms with E-state index in [1.807, 2.05) is 32.0 Å². The molecular weight excluding hydrogens is 419 g/mol. The lowest BCUT2D eigenvalue weighted by atomic mass is 10.1. The number of ether oxygens (including phenoxy) is 1. The number of allylic oxidation sites excluding steroid dienone is 1. The minimum atomic E-state index is -4.42. The number of aryl methyl sites for hydroxylation is 3. The molecule has 4 rings (SSSR count). The Kier molecular flexibility index (Phi) is 6.10. The van der Waals surface area contributed by atoms with Gasteiger partial charge in [0.15, 0.2) is 0 Å². The highest BCUT2D eigenvalue weighted by atomic mass is 19.4. The second kappa shape index (κ2) is 8.82. The van der Waals surface area contributed by atoms with E-state index in [1.54, 1.807) is 12.4 Å². The molecule has 168 valence electrons. The molecule has 0 unspecified atom stereocenters. The number of rotatable bonds is 5. The fourth-order valence-corrected chi connectivity index (χ4v) is 3.74. The van der Waals surface area contributed by atoms with E-state index in [1.165, 1.54) is 0 Å². The van der Waals surface area contributed by atoms with Crippen molar-refractivity contribution < 1.29 is 17.9 Å². The van der Waals surface area contributed by atoms with E-state index in [4.69, 9.17) is 9.72 Å². The molecule has 1 saturated heterocycles. The summed E-state index contributed by atoms with van der Waals surface area (Å²) in [5, 5.41) is 0. The number of pyridine rings is 2. The van der Waals surface area contributed by atoms with Gasteiger partial charge < -0.3 is 9.64 Å². The van der Waals surface area contributed by atoms with Crippen LogP contribution in [0.3, 0.4) is 0 Å². The molecule has 0 N–H and O–H groups in total. The number of aromatic nitrogens is 4. The maximum Gasteiger partial charge on any atom is 0.412 e. The molecule has 1 aliphatic rings. The van der Waals surface area contributed by atoms with Crippen LogP contribution in [0.15, 0.2) is 42.7 Å². The normalized spacial score (nSPS) is 17.0. The second-order valence-electron chi connectivity index (χ2n) is 7.94. The van der Waals surface area contributed by atoms with Crippen LogP contribution in [0.25, 0.3) is 11.0 Å². The molecule has 3 aromatic heterocycles. The highest BCUT2D eigenvalue weighted by Crippen LogP contribution is 2.30. The Bertz CT molecular complexity index is 1150. The largest absolute Gasteiger partial charge is 0.412 e. The first kappa shape index (κ1) is 22.1. The molecule has 4 heterocycles. The van der Waals surface area contributed by atoms with Crippen molar-refractivity contribution in [3.05, 3.63) is 65.4 Å². The van der Waals surface area contributed by atoms with Gasteiger partial charge in [0, 0.05) is 42.8 Å². The number of halogens is 3. The van der Waals surface area contributed by atoms with Gasteiger partial charge >= 0.3 is 6.18 Å². The van der Waals surface area contributed by atoms with E-state index in [0.29, 0.717) is 42.2 Å². The van der Waals surface area contributed by atoms with Crippen LogP contribution < -0.4 is 4.90 Å². The van der Waals surface area contributed by atoms with Crippen molar-refractivity contribution >= 4 is 16.9 Å². The average Bonchev–Trinajstić information content (AvgIpc) is 2.76. The van der Waals surface area contributed by atoms with Crippen molar-refractivity contribution in [2.75, 3.05) is 24.6 Å². The molecule has 32 heavy (non-hydrogen) atoms. The molecule has 0 aromatic carbocycles. The number of fused-ring (bicyclic) bond motifs is 1. The maximum atomic E-state index is 12.9. The third-order valence-corrected chi connectivity index (χ3v) is 5.46. The summed E-state index contributed by atoms with van der Waals surface area (Å²) < 4.78 is 44.8. The predicted octanol–water partition coefficient (Wildman–Crippen LogP) is 4.67. The van der Waals surface area contributed by atoms with Crippen LogP contribution in [-0.2, 0) is 11.2 Å². The van der Waals surface area contributed by atoms with E-state index in [9.17, 15) is 13.2 Å². The number of hydrogen-bond donors (Lipinski definition) is 0. The first-order valence-electron chi connectivity index (χ1n) is 10.4. The lowest BCUT2D eigenvalue weighted by Gasteiger charge is -2.34. The Balaban J connectivity index is 1.65. The van der Waals surface area contributed by atoms with Crippen LogP contribution >= 0.6 is 0 Å². The van der Waals surface area contributed by atoms with Crippen molar-refractivity contribution in [2.45, 2.75) is 39.0 Å². The standard InChI is InChI=1S/C23H24F3N5O/c1-14(23(24,25)26)4-5-18-22-19(29-16(3)12-28-22)11-21(30-18)31-8-9-32-20(13-31)17-6-7-27-15(2)10-17/h6-7,10-12,20H,1,4-5,8-9,13H2,2-3H3/t20-/m1/s1. The zero-order valence-electron chi connectivity index (χ0n) is 18.0. The van der Waals surface area contributed by atoms with Gasteiger partial charge in [0.25, 0.3) is 0 Å². The Hall–Kier alpha value is -3.07. The average molecular weight is 443 g/mol. The van der Waals surface area contributed by atoms with E-state index < -0.39 is 11.7 Å². The van der Waals surface area contributed by atoms with Gasteiger partial charge in [-0.25, -0.2) is 9.97 Å². The molecule has 6 nitrogen and oxygen atoms in total. The maximum absolute atomic E-state index is 12.9. The van der Waals surface area contributed by atoms with Gasteiger partial charge in [0.05, 0.1) is 23.5 Å². The lowest BCUT2D eigenvalue weighted by molar-refractivity contribution is -0.0935. The van der Waals surface area contributed by atoms with E-state index in [2.05, 4.69) is 26.4 Å². The Morgan fingerprint density at radius 1 is 1.19 bits per heavy atom. The minimum Gasteiger partial charge on any atom is -0.370 e. The number of anilines is 1. The predicted molar refractivity (Wildman–Crippen MR) is 115 cm³/mol. The highest BCUT2D eigenvalue weighted by molar-refractivity contribution is 5.79. The van der Waals surface area contributed by atoms with E-state index >= 15 is 0 Å². The third-order valence-electron chi connectivity index (χ3n) is 5.46. The summed E-state index contributed by atoms with van der Waals surface area (Å²) in [7, 11) is 0. The third kappa shape index (κ3) is 4.88. The van der Waals surface area contributed by atoms with Gasteiger partial charge in [-0.1, -0.05) is 6.58 Å². The fraction of sp³-hybridized carbons (Fsp3) is 0.391. The van der Waals surface area contributed by atoms with Crippen molar-refractivity contribution in [1.82, 2.24) is 19.9 Å². The van der Waals surface area contributed by atoms with Crippen LogP contribution in [0.4, 0.5) is 19.0 Å². The van der Waals surface area contributed by atoms with Crippen LogP contribution in [0.2, 0.25) is 0 Å². The highest BCUT2D eigenvalue weighted by Gasteiger charge is 2.31. The molecule has 3 aromatic rings. The van der Waals surface area contributed by atoms with Gasteiger partial charge in [0.2, 0.25) is 0 Å². The molecule has 1 atom stereocenters. The number of nitrogens with zero attached hydrogens (tertiary/aromatic N) is 5. The van der Waals surface area contributed by atoms with Gasteiger partial charge in [0.1, 0.15) is 17.4 Å². The van der Waals surface area contributed by atoms with Crippen LogP contribution in [-0.4, -0.2) is 45.8 Å². The first-order chi connectivity index (χ1) is 15.2.